The molecule has 0 spiro atoms. The number of nitrogens with zero attached hydrogens (tertiary/aromatic N) is 1. The average Bonchev–Trinajstić information content (AvgIpc) is 2.69. The van der Waals surface area contributed by atoms with Gasteiger partial charge < -0.3 is 10.1 Å². The molecule has 3 aromatic carbocycles. The van der Waals surface area contributed by atoms with E-state index in [9.17, 15) is 14.9 Å². The molecule has 0 radical (unpaired) electrons. The first-order valence-electron chi connectivity index (χ1n) is 8.47. The molecule has 0 aromatic heterocycles. The van der Waals surface area contributed by atoms with Crippen molar-refractivity contribution >= 4 is 28.9 Å². The Bertz CT molecular complexity index is 1020. The van der Waals surface area contributed by atoms with Crippen molar-refractivity contribution < 1.29 is 14.5 Å². The van der Waals surface area contributed by atoms with Crippen molar-refractivity contribution in [1.82, 2.24) is 0 Å². The molecule has 0 bridgehead atoms. The van der Waals surface area contributed by atoms with Crippen molar-refractivity contribution in [3.63, 3.8) is 0 Å². The second-order valence-electron chi connectivity index (χ2n) is 6.07. The molecule has 3 aromatic rings. The molecule has 142 valence electrons. The molecule has 0 aliphatic carbocycles. The smallest absolute Gasteiger partial charge is 0.274 e. The molecule has 0 saturated carbocycles. The maximum Gasteiger partial charge on any atom is 0.274 e. The Morgan fingerprint density at radius 1 is 1.07 bits per heavy atom. The molecule has 3 rings (SSSR count). The number of nitrogens with one attached hydrogen (secondary N) is 1. The van der Waals surface area contributed by atoms with Gasteiger partial charge in [0.1, 0.15) is 12.4 Å². The lowest BCUT2D eigenvalue weighted by atomic mass is 10.1. The zero-order chi connectivity index (χ0) is 20.1. The molecule has 0 heterocycles. The van der Waals surface area contributed by atoms with E-state index in [2.05, 4.69) is 5.32 Å². The summed E-state index contributed by atoms with van der Waals surface area (Å²) >= 11 is 5.88. The van der Waals surface area contributed by atoms with E-state index in [-0.39, 0.29) is 12.3 Å². The molecule has 0 atom stereocenters. The van der Waals surface area contributed by atoms with Crippen LogP contribution < -0.4 is 10.1 Å². The highest BCUT2D eigenvalue weighted by Gasteiger charge is 2.17. The van der Waals surface area contributed by atoms with Gasteiger partial charge in [0.2, 0.25) is 0 Å². The van der Waals surface area contributed by atoms with Crippen LogP contribution in [-0.2, 0) is 6.61 Å². The Kier molecular flexibility index (Phi) is 5.91. The lowest BCUT2D eigenvalue weighted by Crippen LogP contribution is -2.14. The first-order valence-corrected chi connectivity index (χ1v) is 8.85. The van der Waals surface area contributed by atoms with Crippen LogP contribution in [0.25, 0.3) is 0 Å². The summed E-state index contributed by atoms with van der Waals surface area (Å²) in [4.78, 5) is 23.4. The molecule has 0 unspecified atom stereocenters. The van der Waals surface area contributed by atoms with Gasteiger partial charge in [0, 0.05) is 11.1 Å². The summed E-state index contributed by atoms with van der Waals surface area (Å²) in [6.07, 6.45) is 0. The van der Waals surface area contributed by atoms with Crippen molar-refractivity contribution in [3.05, 3.63) is 98.6 Å². The van der Waals surface area contributed by atoms with Gasteiger partial charge in [-0.05, 0) is 42.8 Å². The minimum Gasteiger partial charge on any atom is -0.488 e. The highest BCUT2D eigenvalue weighted by Crippen LogP contribution is 2.27. The second-order valence-corrected chi connectivity index (χ2v) is 6.51. The van der Waals surface area contributed by atoms with Gasteiger partial charge in [-0.15, -0.1) is 0 Å². The van der Waals surface area contributed by atoms with Crippen LogP contribution in [-0.4, -0.2) is 10.8 Å². The Morgan fingerprint density at radius 3 is 2.50 bits per heavy atom. The van der Waals surface area contributed by atoms with Gasteiger partial charge in [0.15, 0.2) is 0 Å². The number of carbonyl (C=O) groups is 1. The van der Waals surface area contributed by atoms with Crippen molar-refractivity contribution in [2.75, 3.05) is 5.32 Å². The summed E-state index contributed by atoms with van der Waals surface area (Å²) < 4.78 is 5.80. The van der Waals surface area contributed by atoms with E-state index in [4.69, 9.17) is 16.3 Å². The summed E-state index contributed by atoms with van der Waals surface area (Å²) in [5.41, 5.74) is 1.97. The predicted molar refractivity (Wildman–Crippen MR) is 108 cm³/mol. The van der Waals surface area contributed by atoms with Crippen molar-refractivity contribution in [3.8, 4) is 5.75 Å². The maximum absolute atomic E-state index is 12.7. The van der Waals surface area contributed by atoms with Gasteiger partial charge in [-0.3, -0.25) is 14.9 Å². The third-order valence-electron chi connectivity index (χ3n) is 4.19. The largest absolute Gasteiger partial charge is 0.488 e. The minimum absolute atomic E-state index is 0.0509. The van der Waals surface area contributed by atoms with Crippen LogP contribution in [0.4, 0.5) is 11.4 Å². The van der Waals surface area contributed by atoms with E-state index < -0.39 is 10.8 Å². The Morgan fingerprint density at radius 2 is 1.79 bits per heavy atom. The van der Waals surface area contributed by atoms with E-state index in [1.54, 1.807) is 49.4 Å². The number of ether oxygens (including phenoxy) is 1. The molecule has 6 nitrogen and oxygen atoms in total. The monoisotopic (exact) mass is 396 g/mol. The number of hydrogen-bond donors (Lipinski definition) is 1. The molecule has 0 fully saturated rings. The van der Waals surface area contributed by atoms with Gasteiger partial charge in [0.25, 0.3) is 11.6 Å². The topological polar surface area (TPSA) is 81.5 Å². The van der Waals surface area contributed by atoms with Crippen molar-refractivity contribution in [2.45, 2.75) is 13.5 Å². The van der Waals surface area contributed by atoms with Gasteiger partial charge in [-0.2, -0.15) is 0 Å². The zero-order valence-electron chi connectivity index (χ0n) is 15.0. The Labute approximate surface area is 166 Å². The highest BCUT2D eigenvalue weighted by molar-refractivity contribution is 6.30. The van der Waals surface area contributed by atoms with Gasteiger partial charge >= 0.3 is 0 Å². The van der Waals surface area contributed by atoms with Crippen LogP contribution in [0.3, 0.4) is 0 Å². The molecule has 7 heteroatoms. The summed E-state index contributed by atoms with van der Waals surface area (Å²) in [5.74, 6) is 0.00772. The molecular formula is C21H17ClN2O4. The highest BCUT2D eigenvalue weighted by atomic mass is 35.5. The van der Waals surface area contributed by atoms with E-state index in [0.717, 1.165) is 5.56 Å². The van der Waals surface area contributed by atoms with Crippen molar-refractivity contribution in [1.29, 1.82) is 0 Å². The zero-order valence-corrected chi connectivity index (χ0v) is 15.8. The molecular weight excluding hydrogens is 380 g/mol. The third-order valence-corrected chi connectivity index (χ3v) is 4.44. The first-order chi connectivity index (χ1) is 13.5. The lowest BCUT2D eigenvalue weighted by Gasteiger charge is -2.13. The van der Waals surface area contributed by atoms with Crippen LogP contribution in [0.2, 0.25) is 5.02 Å². The van der Waals surface area contributed by atoms with Crippen LogP contribution >= 0.6 is 11.6 Å². The summed E-state index contributed by atoms with van der Waals surface area (Å²) in [6, 6.07) is 18.6. The quantitative estimate of drug-likeness (QED) is 0.447. The summed E-state index contributed by atoms with van der Waals surface area (Å²) in [5, 5.41) is 14.5. The number of anilines is 1. The first kappa shape index (κ1) is 19.4. The molecule has 1 amide bonds. The Hall–Kier alpha value is -3.38. The van der Waals surface area contributed by atoms with Gasteiger partial charge in [0.05, 0.1) is 21.7 Å². The normalized spacial score (nSPS) is 10.4. The van der Waals surface area contributed by atoms with Gasteiger partial charge in [-0.1, -0.05) is 41.9 Å². The van der Waals surface area contributed by atoms with E-state index in [1.807, 2.05) is 12.1 Å². The van der Waals surface area contributed by atoms with E-state index >= 15 is 0 Å². The Balaban J connectivity index is 1.78. The molecule has 0 saturated heterocycles. The van der Waals surface area contributed by atoms with Gasteiger partial charge in [-0.25, -0.2) is 0 Å². The summed E-state index contributed by atoms with van der Waals surface area (Å²) in [7, 11) is 0. The average molecular weight is 397 g/mol. The number of halogens is 1. The number of carbonyl (C=O) groups excluding carboxylic acids is 1. The summed E-state index contributed by atoms with van der Waals surface area (Å²) in [6.45, 7) is 1.87. The van der Waals surface area contributed by atoms with Crippen LogP contribution in [0.5, 0.6) is 5.75 Å². The number of nitro groups is 1. The second kappa shape index (κ2) is 8.54. The van der Waals surface area contributed by atoms with E-state index in [0.29, 0.717) is 27.6 Å². The molecule has 28 heavy (non-hydrogen) atoms. The minimum atomic E-state index is -0.478. The number of para-hydroxylation sites is 1. The fourth-order valence-corrected chi connectivity index (χ4v) is 2.79. The number of amides is 1. The predicted octanol–water partition coefficient (Wildman–Crippen LogP) is 5.39. The fourth-order valence-electron chi connectivity index (χ4n) is 2.67. The SMILES string of the molecule is Cc1c(NC(=O)c2ccccc2OCc2ccc(Cl)cc2)cccc1[N+](=O)[O-]. The molecule has 0 aliphatic heterocycles. The number of hydrogen-bond acceptors (Lipinski definition) is 4. The maximum atomic E-state index is 12.7. The number of benzene rings is 3. The standard InChI is InChI=1S/C21H17ClN2O4/c1-14-18(6-4-7-19(14)24(26)27)23-21(25)17-5-2-3-8-20(17)28-13-15-9-11-16(22)12-10-15/h2-12H,13H2,1H3,(H,23,25). The number of rotatable bonds is 6. The lowest BCUT2D eigenvalue weighted by molar-refractivity contribution is -0.385. The van der Waals surface area contributed by atoms with Crippen molar-refractivity contribution in [2.24, 2.45) is 0 Å². The molecule has 1 N–H and O–H groups in total. The fraction of sp³-hybridized carbons (Fsp3) is 0.0952. The van der Waals surface area contributed by atoms with Crippen LogP contribution in [0.1, 0.15) is 21.5 Å². The third kappa shape index (κ3) is 4.47. The van der Waals surface area contributed by atoms with E-state index in [1.165, 1.54) is 12.1 Å². The van der Waals surface area contributed by atoms with Crippen LogP contribution in [0.15, 0.2) is 66.7 Å². The number of nitro benzene ring substituents is 1. The van der Waals surface area contributed by atoms with Crippen LogP contribution in [0, 0.1) is 17.0 Å². The molecule has 0 aliphatic rings.